The molecule has 0 aromatic carbocycles. The van der Waals surface area contributed by atoms with E-state index in [0.29, 0.717) is 24.1 Å². The monoisotopic (exact) mass is 295 g/mol. The zero-order valence-corrected chi connectivity index (χ0v) is 9.53. The van der Waals surface area contributed by atoms with Crippen LogP contribution < -0.4 is 13.0 Å². The van der Waals surface area contributed by atoms with Gasteiger partial charge in [0.25, 0.3) is 0 Å². The first-order valence-corrected chi connectivity index (χ1v) is 4.67. The van der Waals surface area contributed by atoms with Gasteiger partial charge in [0.2, 0.25) is 11.8 Å². The molecule has 0 radical (unpaired) electrons. The van der Waals surface area contributed by atoms with E-state index in [1.54, 1.807) is 20.3 Å². The van der Waals surface area contributed by atoms with Gasteiger partial charge in [-0.1, -0.05) is 0 Å². The van der Waals surface area contributed by atoms with Gasteiger partial charge in [-0.25, -0.2) is 0 Å². The van der Waals surface area contributed by atoms with Crippen LogP contribution in [0.2, 0.25) is 0 Å². The minimum atomic E-state index is 0.508. The summed E-state index contributed by atoms with van der Waals surface area (Å²) in [5.41, 5.74) is 0. The lowest BCUT2D eigenvalue weighted by Gasteiger charge is -2.04. The van der Waals surface area contributed by atoms with Gasteiger partial charge in [0, 0.05) is 22.9 Å². The Morgan fingerprint density at radius 2 is 1.85 bits per heavy atom. The summed E-state index contributed by atoms with van der Waals surface area (Å²) in [5.74, 6) is 1.66. The maximum atomic E-state index is 4.98. The predicted molar refractivity (Wildman–Crippen MR) is 56.0 cm³/mol. The average Bonchev–Trinajstić information content (AvgIpc) is 2.17. The van der Waals surface area contributed by atoms with Crippen LogP contribution in [0.1, 0.15) is 5.82 Å². The van der Waals surface area contributed by atoms with E-state index in [4.69, 9.17) is 9.47 Å². The highest BCUT2D eigenvalue weighted by atomic mass is 127. The van der Waals surface area contributed by atoms with Crippen LogP contribution in [0.25, 0.3) is 0 Å². The Balaban J connectivity index is 2.93. The van der Waals surface area contributed by atoms with E-state index in [2.05, 4.69) is 13.5 Å². The summed E-state index contributed by atoms with van der Waals surface area (Å²) in [4.78, 5) is 8.22. The van der Waals surface area contributed by atoms with Gasteiger partial charge in [-0.2, -0.15) is 9.97 Å². The average molecular weight is 295 g/mol. The highest BCUT2D eigenvalue weighted by molar-refractivity contribution is 14.1. The first kappa shape index (κ1) is 10.5. The highest BCUT2D eigenvalue weighted by Gasteiger charge is 2.03. The van der Waals surface area contributed by atoms with Crippen LogP contribution in [0.4, 0.5) is 0 Å². The number of hydrogen-bond acceptors (Lipinski definition) is 5. The van der Waals surface area contributed by atoms with E-state index in [-0.39, 0.29) is 0 Å². The van der Waals surface area contributed by atoms with Gasteiger partial charge < -0.3 is 9.47 Å². The van der Waals surface area contributed by atoms with Gasteiger partial charge in [0.15, 0.2) is 5.82 Å². The fraction of sp³-hybridized carbons (Fsp3) is 0.429. The molecule has 0 aliphatic carbocycles. The molecule has 0 atom stereocenters. The third-order valence-electron chi connectivity index (χ3n) is 1.37. The number of ether oxygens (including phenoxy) is 2. The normalized spacial score (nSPS) is 9.77. The summed E-state index contributed by atoms with van der Waals surface area (Å²) >= 11 is 2.03. The van der Waals surface area contributed by atoms with Crippen LogP contribution >= 0.6 is 22.9 Å². The molecule has 0 aliphatic heterocycles. The van der Waals surface area contributed by atoms with Crippen molar-refractivity contribution < 1.29 is 9.47 Å². The van der Waals surface area contributed by atoms with Crippen molar-refractivity contribution in [2.24, 2.45) is 0 Å². The third kappa shape index (κ3) is 2.96. The largest absolute Gasteiger partial charge is 0.481 e. The second kappa shape index (κ2) is 5.18. The molecule has 1 rings (SSSR count). The molecule has 5 nitrogen and oxygen atoms in total. The first-order valence-electron chi connectivity index (χ1n) is 3.59. The lowest BCUT2D eigenvalue weighted by molar-refractivity contribution is 0.368. The topological polar surface area (TPSA) is 56.3 Å². The van der Waals surface area contributed by atoms with Crippen molar-refractivity contribution in [3.05, 3.63) is 11.9 Å². The maximum absolute atomic E-state index is 4.98. The number of aromatic nitrogens is 2. The molecule has 0 saturated carbocycles. The Kier molecular flexibility index (Phi) is 4.16. The number of halogens is 1. The van der Waals surface area contributed by atoms with Crippen LogP contribution in [0.3, 0.4) is 0 Å². The van der Waals surface area contributed by atoms with Crippen molar-refractivity contribution in [2.45, 2.75) is 6.54 Å². The maximum Gasteiger partial charge on any atom is 0.220 e. The van der Waals surface area contributed by atoms with Crippen LogP contribution in [-0.4, -0.2) is 24.2 Å². The van der Waals surface area contributed by atoms with Crippen LogP contribution in [0.5, 0.6) is 11.8 Å². The zero-order chi connectivity index (χ0) is 9.68. The lowest BCUT2D eigenvalue weighted by atomic mass is 10.5. The molecule has 0 unspecified atom stereocenters. The number of hydrogen-bond donors (Lipinski definition) is 1. The van der Waals surface area contributed by atoms with Gasteiger partial charge in [0.05, 0.1) is 26.8 Å². The zero-order valence-electron chi connectivity index (χ0n) is 7.37. The standard InChI is InChI=1S/C7H10IN3O2/c1-12-6-3-7(13-2)11-5(10-6)4-9-8/h3,9H,4H2,1-2H3. The van der Waals surface area contributed by atoms with E-state index in [1.165, 1.54) is 0 Å². The van der Waals surface area contributed by atoms with E-state index in [9.17, 15) is 0 Å². The van der Waals surface area contributed by atoms with Crippen molar-refractivity contribution in [2.75, 3.05) is 14.2 Å². The molecule has 6 heteroatoms. The number of rotatable bonds is 4. The van der Waals surface area contributed by atoms with Crippen LogP contribution in [0, 0.1) is 0 Å². The molecule has 0 amide bonds. The summed E-state index contributed by atoms with van der Waals surface area (Å²) < 4.78 is 12.9. The minimum absolute atomic E-state index is 0.508. The van der Waals surface area contributed by atoms with Crippen molar-refractivity contribution in [1.29, 1.82) is 0 Å². The molecule has 1 N–H and O–H groups in total. The Bertz CT molecular complexity index is 260. The molecule has 72 valence electrons. The Hall–Kier alpha value is -0.630. The quantitative estimate of drug-likeness (QED) is 0.661. The molecule has 1 aromatic heterocycles. The molecule has 0 fully saturated rings. The number of nitrogens with one attached hydrogen (secondary N) is 1. The Labute approximate surface area is 90.4 Å². The molecular weight excluding hydrogens is 285 g/mol. The van der Waals surface area contributed by atoms with Gasteiger partial charge in [0.1, 0.15) is 0 Å². The molecule has 0 aliphatic rings. The summed E-state index contributed by atoms with van der Waals surface area (Å²) in [6.07, 6.45) is 0. The van der Waals surface area contributed by atoms with E-state index in [1.807, 2.05) is 22.9 Å². The number of methoxy groups -OCH3 is 2. The fourth-order valence-corrected chi connectivity index (χ4v) is 1.14. The Morgan fingerprint density at radius 1 is 1.31 bits per heavy atom. The molecule has 0 saturated heterocycles. The van der Waals surface area contributed by atoms with Crippen molar-refractivity contribution >= 4 is 22.9 Å². The summed E-state index contributed by atoms with van der Waals surface area (Å²) in [5, 5.41) is 0. The minimum Gasteiger partial charge on any atom is -0.481 e. The molecular formula is C7H10IN3O2. The molecule has 0 spiro atoms. The van der Waals surface area contributed by atoms with Crippen LogP contribution in [-0.2, 0) is 6.54 Å². The van der Waals surface area contributed by atoms with Crippen molar-refractivity contribution in [3.63, 3.8) is 0 Å². The molecule has 0 bridgehead atoms. The van der Waals surface area contributed by atoms with Crippen LogP contribution in [0.15, 0.2) is 6.07 Å². The smallest absolute Gasteiger partial charge is 0.220 e. The summed E-state index contributed by atoms with van der Waals surface area (Å²) in [6.45, 7) is 0.577. The third-order valence-corrected chi connectivity index (χ3v) is 1.75. The van der Waals surface area contributed by atoms with E-state index < -0.39 is 0 Å². The predicted octanol–water partition coefficient (Wildman–Crippen LogP) is 0.933. The first-order chi connectivity index (χ1) is 6.30. The fourth-order valence-electron chi connectivity index (χ4n) is 0.798. The van der Waals surface area contributed by atoms with Crippen molar-refractivity contribution in [3.8, 4) is 11.8 Å². The number of nitrogens with zero attached hydrogens (tertiary/aromatic N) is 2. The van der Waals surface area contributed by atoms with Crippen molar-refractivity contribution in [1.82, 2.24) is 13.5 Å². The van der Waals surface area contributed by atoms with Gasteiger partial charge in [-0.3, -0.25) is 3.53 Å². The molecule has 13 heavy (non-hydrogen) atoms. The van der Waals surface area contributed by atoms with Gasteiger partial charge in [-0.05, 0) is 0 Å². The SMILES string of the molecule is COc1cc(OC)nc(CNI)n1. The Morgan fingerprint density at radius 3 is 2.23 bits per heavy atom. The molecule has 1 aromatic rings. The second-order valence-electron chi connectivity index (χ2n) is 2.18. The van der Waals surface area contributed by atoms with Gasteiger partial charge in [-0.15, -0.1) is 0 Å². The summed E-state index contributed by atoms with van der Waals surface area (Å²) in [6, 6.07) is 1.64. The summed E-state index contributed by atoms with van der Waals surface area (Å²) in [7, 11) is 3.12. The highest BCUT2D eigenvalue weighted by Crippen LogP contribution is 2.14. The van der Waals surface area contributed by atoms with E-state index >= 15 is 0 Å². The lowest BCUT2D eigenvalue weighted by Crippen LogP contribution is -2.05. The van der Waals surface area contributed by atoms with Gasteiger partial charge >= 0.3 is 0 Å². The molecule has 1 heterocycles. The van der Waals surface area contributed by atoms with E-state index in [0.717, 1.165) is 0 Å². The second-order valence-corrected chi connectivity index (χ2v) is 2.94.